The van der Waals surface area contributed by atoms with Crippen LogP contribution in [-0.2, 0) is 4.79 Å². The molecule has 3 nitrogen and oxygen atoms in total. The molecule has 0 aromatic carbocycles. The Morgan fingerprint density at radius 1 is 1.42 bits per heavy atom. The second kappa shape index (κ2) is 2.02. The molecule has 66 valence electrons. The van der Waals surface area contributed by atoms with Gasteiger partial charge in [-0.05, 0) is 31.1 Å². The standard InChI is InChI=1S/C9H13NO2/c11-4-10-8-6-2-1-5(3-6)7(8)9(10)12/h5-8,11H,1-4H2. The molecule has 2 aliphatic carbocycles. The fourth-order valence-electron chi connectivity index (χ4n) is 3.48. The van der Waals surface area contributed by atoms with Crippen LogP contribution in [0.2, 0.25) is 0 Å². The molecule has 0 spiro atoms. The van der Waals surface area contributed by atoms with Crippen molar-refractivity contribution in [2.75, 3.05) is 6.73 Å². The Balaban J connectivity index is 1.88. The number of rotatable bonds is 1. The number of β-lactam (4-membered cyclic amide) rings is 1. The summed E-state index contributed by atoms with van der Waals surface area (Å²) in [5.74, 6) is 1.88. The SMILES string of the molecule is O=C1C2C3CCC(C3)C2N1CO. The van der Waals surface area contributed by atoms with Gasteiger partial charge in [0.2, 0.25) is 5.91 Å². The van der Waals surface area contributed by atoms with Crippen molar-refractivity contribution in [2.24, 2.45) is 17.8 Å². The molecular weight excluding hydrogens is 154 g/mol. The summed E-state index contributed by atoms with van der Waals surface area (Å²) in [5, 5.41) is 8.94. The Labute approximate surface area is 71.4 Å². The second-order valence-electron chi connectivity index (χ2n) is 4.30. The third-order valence-corrected chi connectivity index (χ3v) is 3.95. The van der Waals surface area contributed by atoms with Gasteiger partial charge >= 0.3 is 0 Å². The average Bonchev–Trinajstić information content (AvgIpc) is 2.60. The van der Waals surface area contributed by atoms with Gasteiger partial charge in [-0.1, -0.05) is 0 Å². The summed E-state index contributed by atoms with van der Waals surface area (Å²) < 4.78 is 0. The minimum atomic E-state index is -0.0662. The van der Waals surface area contributed by atoms with Crippen molar-refractivity contribution in [1.82, 2.24) is 4.90 Å². The molecule has 2 bridgehead atoms. The summed E-state index contributed by atoms with van der Waals surface area (Å²) in [6.07, 6.45) is 3.75. The molecule has 3 rings (SSSR count). The maximum Gasteiger partial charge on any atom is 0.230 e. The molecule has 0 aromatic heterocycles. The van der Waals surface area contributed by atoms with Crippen LogP contribution in [-0.4, -0.2) is 28.7 Å². The predicted octanol–water partition coefficient (Wildman–Crippen LogP) is 0.193. The first-order valence-electron chi connectivity index (χ1n) is 4.74. The zero-order valence-corrected chi connectivity index (χ0v) is 6.94. The van der Waals surface area contributed by atoms with E-state index in [1.165, 1.54) is 19.3 Å². The largest absolute Gasteiger partial charge is 0.376 e. The number of fused-ring (bicyclic) bond motifs is 5. The number of aliphatic hydroxyl groups excluding tert-OH is 1. The van der Waals surface area contributed by atoms with E-state index in [0.717, 1.165) is 0 Å². The maximum absolute atomic E-state index is 11.4. The minimum Gasteiger partial charge on any atom is -0.376 e. The van der Waals surface area contributed by atoms with Crippen LogP contribution in [0.1, 0.15) is 19.3 Å². The van der Waals surface area contributed by atoms with E-state index in [9.17, 15) is 4.79 Å². The van der Waals surface area contributed by atoms with E-state index < -0.39 is 0 Å². The Kier molecular flexibility index (Phi) is 1.16. The number of hydrogen-bond donors (Lipinski definition) is 1. The molecular formula is C9H13NO2. The highest BCUT2D eigenvalue weighted by Crippen LogP contribution is 2.55. The molecule has 2 saturated carbocycles. The molecule has 3 aliphatic rings. The Morgan fingerprint density at radius 2 is 2.17 bits per heavy atom. The van der Waals surface area contributed by atoms with Gasteiger partial charge in [0.25, 0.3) is 0 Å². The average molecular weight is 167 g/mol. The zero-order valence-electron chi connectivity index (χ0n) is 6.94. The molecule has 1 heterocycles. The first kappa shape index (κ1) is 6.89. The van der Waals surface area contributed by atoms with E-state index in [1.54, 1.807) is 4.90 Å². The van der Waals surface area contributed by atoms with Crippen molar-refractivity contribution in [3.8, 4) is 0 Å². The van der Waals surface area contributed by atoms with Gasteiger partial charge in [0.15, 0.2) is 0 Å². The molecule has 0 aromatic rings. The van der Waals surface area contributed by atoms with Gasteiger partial charge in [-0.2, -0.15) is 0 Å². The summed E-state index contributed by atoms with van der Waals surface area (Å²) in [7, 11) is 0. The lowest BCUT2D eigenvalue weighted by Crippen LogP contribution is -2.63. The van der Waals surface area contributed by atoms with Crippen molar-refractivity contribution >= 4 is 5.91 Å². The molecule has 12 heavy (non-hydrogen) atoms. The number of likely N-dealkylation sites (tertiary alicyclic amines) is 1. The van der Waals surface area contributed by atoms with Crippen molar-refractivity contribution in [1.29, 1.82) is 0 Å². The van der Waals surface area contributed by atoms with Crippen molar-refractivity contribution < 1.29 is 9.90 Å². The van der Waals surface area contributed by atoms with E-state index in [2.05, 4.69) is 0 Å². The van der Waals surface area contributed by atoms with Crippen LogP contribution in [0.25, 0.3) is 0 Å². The summed E-state index contributed by atoms with van der Waals surface area (Å²) in [6, 6.07) is 0.418. The first-order valence-corrected chi connectivity index (χ1v) is 4.74. The van der Waals surface area contributed by atoms with Crippen LogP contribution in [0.5, 0.6) is 0 Å². The summed E-state index contributed by atoms with van der Waals surface area (Å²) in [5.41, 5.74) is 0. The first-order chi connectivity index (χ1) is 5.83. The van der Waals surface area contributed by atoms with E-state index in [4.69, 9.17) is 5.11 Å². The fourth-order valence-corrected chi connectivity index (χ4v) is 3.48. The highest BCUT2D eigenvalue weighted by molar-refractivity contribution is 5.87. The summed E-state index contributed by atoms with van der Waals surface area (Å²) in [6.45, 7) is -0.0662. The number of carbonyl (C=O) groups is 1. The number of hydrogen-bond acceptors (Lipinski definition) is 2. The highest BCUT2D eigenvalue weighted by atomic mass is 16.3. The third-order valence-electron chi connectivity index (χ3n) is 3.95. The van der Waals surface area contributed by atoms with Crippen LogP contribution in [0.3, 0.4) is 0 Å². The van der Waals surface area contributed by atoms with Gasteiger partial charge < -0.3 is 10.0 Å². The zero-order chi connectivity index (χ0) is 8.29. The van der Waals surface area contributed by atoms with Crippen LogP contribution in [0, 0.1) is 17.8 Å². The Bertz CT molecular complexity index is 241. The third kappa shape index (κ3) is 0.565. The van der Waals surface area contributed by atoms with Gasteiger partial charge in [-0.25, -0.2) is 0 Å². The minimum absolute atomic E-state index is 0.0662. The molecule has 4 atom stereocenters. The van der Waals surface area contributed by atoms with Gasteiger partial charge in [0.05, 0.1) is 5.92 Å². The second-order valence-corrected chi connectivity index (χ2v) is 4.30. The van der Waals surface area contributed by atoms with Crippen LogP contribution in [0.4, 0.5) is 0 Å². The number of amides is 1. The van der Waals surface area contributed by atoms with E-state index in [-0.39, 0.29) is 12.6 Å². The molecule has 4 unspecified atom stereocenters. The molecule has 1 saturated heterocycles. The Hall–Kier alpha value is -0.570. The van der Waals surface area contributed by atoms with Gasteiger partial charge in [-0.3, -0.25) is 4.79 Å². The smallest absolute Gasteiger partial charge is 0.230 e. The lowest BCUT2D eigenvalue weighted by atomic mass is 9.76. The van der Waals surface area contributed by atoms with Crippen LogP contribution < -0.4 is 0 Å². The molecule has 0 radical (unpaired) electrons. The maximum atomic E-state index is 11.4. The number of carbonyl (C=O) groups excluding carboxylic acids is 1. The van der Waals surface area contributed by atoms with E-state index >= 15 is 0 Å². The van der Waals surface area contributed by atoms with Crippen LogP contribution >= 0.6 is 0 Å². The van der Waals surface area contributed by atoms with Gasteiger partial charge in [0.1, 0.15) is 6.73 Å². The van der Waals surface area contributed by atoms with Crippen molar-refractivity contribution in [2.45, 2.75) is 25.3 Å². The van der Waals surface area contributed by atoms with Crippen molar-refractivity contribution in [3.05, 3.63) is 0 Å². The number of nitrogens with zero attached hydrogens (tertiary/aromatic N) is 1. The lowest BCUT2D eigenvalue weighted by molar-refractivity contribution is -0.168. The molecule has 1 amide bonds. The van der Waals surface area contributed by atoms with Crippen molar-refractivity contribution in [3.63, 3.8) is 0 Å². The van der Waals surface area contributed by atoms with E-state index in [0.29, 0.717) is 23.8 Å². The Morgan fingerprint density at radius 3 is 2.92 bits per heavy atom. The summed E-state index contributed by atoms with van der Waals surface area (Å²) in [4.78, 5) is 13.1. The topological polar surface area (TPSA) is 40.5 Å². The van der Waals surface area contributed by atoms with Gasteiger partial charge in [-0.15, -0.1) is 0 Å². The quantitative estimate of drug-likeness (QED) is 0.566. The summed E-state index contributed by atoms with van der Waals surface area (Å²) >= 11 is 0. The molecule has 1 N–H and O–H groups in total. The lowest BCUT2D eigenvalue weighted by Gasteiger charge is -2.48. The monoisotopic (exact) mass is 167 g/mol. The predicted molar refractivity (Wildman–Crippen MR) is 42.0 cm³/mol. The molecule has 3 heteroatoms. The molecule has 3 fully saturated rings. The fraction of sp³-hybridized carbons (Fsp3) is 0.889. The van der Waals surface area contributed by atoms with E-state index in [1.807, 2.05) is 0 Å². The van der Waals surface area contributed by atoms with Crippen LogP contribution in [0.15, 0.2) is 0 Å². The normalized spacial score (nSPS) is 49.4. The highest BCUT2D eigenvalue weighted by Gasteiger charge is 2.61. The number of aliphatic hydroxyl groups is 1. The van der Waals surface area contributed by atoms with Gasteiger partial charge in [0, 0.05) is 6.04 Å². The molecule has 1 aliphatic heterocycles.